The van der Waals surface area contributed by atoms with E-state index in [2.05, 4.69) is 4.98 Å². The van der Waals surface area contributed by atoms with E-state index in [-0.39, 0.29) is 18.6 Å². The van der Waals surface area contributed by atoms with Gasteiger partial charge in [0.1, 0.15) is 0 Å². The molecule has 0 radical (unpaired) electrons. The lowest BCUT2D eigenvalue weighted by atomic mass is 10.1. The molecule has 6 heteroatoms. The minimum atomic E-state index is -0.496. The molecule has 0 unspecified atom stereocenters. The second kappa shape index (κ2) is 6.29. The van der Waals surface area contributed by atoms with Crippen molar-refractivity contribution in [2.45, 2.75) is 19.4 Å². The summed E-state index contributed by atoms with van der Waals surface area (Å²) in [6.45, 7) is 1.73. The summed E-state index contributed by atoms with van der Waals surface area (Å²) in [5.41, 5.74) is 5.06. The second-order valence-corrected chi connectivity index (χ2v) is 6.94. The fourth-order valence-corrected chi connectivity index (χ4v) is 3.92. The summed E-state index contributed by atoms with van der Waals surface area (Å²) in [5.74, 6) is -0.701. The Morgan fingerprint density at radius 2 is 2.12 bits per heavy atom. The molecule has 1 aliphatic heterocycles. The van der Waals surface area contributed by atoms with Crippen LogP contribution < -0.4 is 4.90 Å². The molecule has 1 aromatic heterocycles. The molecule has 126 valence electrons. The van der Waals surface area contributed by atoms with Crippen LogP contribution in [-0.4, -0.2) is 29.5 Å². The van der Waals surface area contributed by atoms with Crippen LogP contribution in [0.25, 0.3) is 10.2 Å². The molecule has 1 aliphatic rings. The lowest BCUT2D eigenvalue weighted by Gasteiger charge is -2.22. The second-order valence-electron chi connectivity index (χ2n) is 6.06. The zero-order valence-electron chi connectivity index (χ0n) is 13.6. The summed E-state index contributed by atoms with van der Waals surface area (Å²) in [6, 6.07) is 13.1. The maximum absolute atomic E-state index is 12.6. The molecule has 3 aromatic rings. The lowest BCUT2D eigenvalue weighted by Crippen LogP contribution is -2.38. The van der Waals surface area contributed by atoms with Gasteiger partial charge in [-0.25, -0.2) is 9.78 Å². The van der Waals surface area contributed by atoms with E-state index >= 15 is 0 Å². The minimum Gasteiger partial charge on any atom is -0.452 e. The molecule has 0 saturated heterocycles. The van der Waals surface area contributed by atoms with E-state index in [1.165, 1.54) is 11.3 Å². The molecule has 1 amide bonds. The molecule has 0 saturated carbocycles. The van der Waals surface area contributed by atoms with Crippen LogP contribution in [0.1, 0.15) is 22.8 Å². The average molecular weight is 352 g/mol. The first kappa shape index (κ1) is 15.8. The smallest absolute Gasteiger partial charge is 0.338 e. The first-order chi connectivity index (χ1) is 12.1. The van der Waals surface area contributed by atoms with Gasteiger partial charge in [-0.15, -0.1) is 11.3 Å². The average Bonchev–Trinajstić information content (AvgIpc) is 3.21. The highest BCUT2D eigenvalue weighted by Crippen LogP contribution is 2.31. The Hall–Kier alpha value is -2.73. The largest absolute Gasteiger partial charge is 0.452 e. The number of benzene rings is 2. The number of aromatic nitrogens is 1. The molecule has 0 aliphatic carbocycles. The van der Waals surface area contributed by atoms with Crippen LogP contribution in [0.4, 0.5) is 5.69 Å². The Labute approximate surface area is 148 Å². The Morgan fingerprint density at radius 3 is 3.00 bits per heavy atom. The molecular formula is C19H16N2O3S. The van der Waals surface area contributed by atoms with E-state index in [9.17, 15) is 9.59 Å². The van der Waals surface area contributed by atoms with E-state index < -0.39 is 5.97 Å². The van der Waals surface area contributed by atoms with Crippen molar-refractivity contribution in [2.24, 2.45) is 0 Å². The molecule has 0 fully saturated rings. The number of ether oxygens (including phenoxy) is 1. The zero-order valence-corrected chi connectivity index (χ0v) is 14.5. The summed E-state index contributed by atoms with van der Waals surface area (Å²) >= 11 is 1.46. The van der Waals surface area contributed by atoms with Gasteiger partial charge in [0, 0.05) is 11.7 Å². The molecule has 1 atom stereocenters. The summed E-state index contributed by atoms with van der Waals surface area (Å²) < 4.78 is 6.16. The number of para-hydroxylation sites is 1. The summed E-state index contributed by atoms with van der Waals surface area (Å²) in [5, 5.41) is 0. The number of hydrogen-bond acceptors (Lipinski definition) is 5. The number of carbonyl (C=O) groups is 2. The van der Waals surface area contributed by atoms with Crippen molar-refractivity contribution < 1.29 is 14.3 Å². The van der Waals surface area contributed by atoms with Gasteiger partial charge in [0.05, 0.1) is 21.3 Å². The van der Waals surface area contributed by atoms with Crippen molar-refractivity contribution >= 4 is 39.1 Å². The molecule has 4 rings (SSSR count). The first-order valence-corrected chi connectivity index (χ1v) is 8.92. The molecule has 5 nitrogen and oxygen atoms in total. The number of amides is 1. The standard InChI is InChI=1S/C19H16N2O3S/c1-12-8-13-4-2-3-5-16(13)21(12)18(22)10-24-19(23)14-6-7-15-17(9-14)25-11-20-15/h2-7,9,11-12H,8,10H2,1H3/t12-/m0/s1. The van der Waals surface area contributed by atoms with E-state index in [1.54, 1.807) is 28.6 Å². The number of nitrogens with zero attached hydrogens (tertiary/aromatic N) is 2. The van der Waals surface area contributed by atoms with Gasteiger partial charge in [-0.1, -0.05) is 18.2 Å². The van der Waals surface area contributed by atoms with Crippen molar-refractivity contribution in [1.82, 2.24) is 4.98 Å². The number of carbonyl (C=O) groups excluding carboxylic acids is 2. The highest BCUT2D eigenvalue weighted by Gasteiger charge is 2.31. The van der Waals surface area contributed by atoms with Crippen LogP contribution in [-0.2, 0) is 16.0 Å². The minimum absolute atomic E-state index is 0.0668. The van der Waals surface area contributed by atoms with Gasteiger partial charge in [-0.05, 0) is 43.2 Å². The van der Waals surface area contributed by atoms with Crippen LogP contribution in [0.15, 0.2) is 48.0 Å². The van der Waals surface area contributed by atoms with E-state index in [0.29, 0.717) is 5.56 Å². The molecule has 0 N–H and O–H groups in total. The third-order valence-electron chi connectivity index (χ3n) is 4.37. The van der Waals surface area contributed by atoms with Crippen molar-refractivity contribution in [3.8, 4) is 0 Å². The van der Waals surface area contributed by atoms with E-state index in [4.69, 9.17) is 4.74 Å². The number of anilines is 1. The van der Waals surface area contributed by atoms with Gasteiger partial charge in [-0.3, -0.25) is 4.79 Å². The maximum atomic E-state index is 12.6. The van der Waals surface area contributed by atoms with Gasteiger partial charge in [0.15, 0.2) is 6.61 Å². The predicted molar refractivity (Wildman–Crippen MR) is 97.0 cm³/mol. The van der Waals surface area contributed by atoms with Gasteiger partial charge >= 0.3 is 5.97 Å². The van der Waals surface area contributed by atoms with E-state index in [0.717, 1.165) is 27.9 Å². The van der Waals surface area contributed by atoms with E-state index in [1.807, 2.05) is 31.2 Å². The molecule has 25 heavy (non-hydrogen) atoms. The topological polar surface area (TPSA) is 59.5 Å². The monoisotopic (exact) mass is 352 g/mol. The van der Waals surface area contributed by atoms with Crippen molar-refractivity contribution in [3.05, 3.63) is 59.1 Å². The fraction of sp³-hybridized carbons (Fsp3) is 0.211. The SMILES string of the molecule is C[C@H]1Cc2ccccc2N1C(=O)COC(=O)c1ccc2ncsc2c1. The number of rotatable bonds is 3. The summed E-state index contributed by atoms with van der Waals surface area (Å²) in [4.78, 5) is 30.7. The maximum Gasteiger partial charge on any atom is 0.338 e. The molecule has 2 aromatic carbocycles. The Bertz CT molecular complexity index is 966. The van der Waals surface area contributed by atoms with Gasteiger partial charge in [-0.2, -0.15) is 0 Å². The quantitative estimate of drug-likeness (QED) is 0.678. The van der Waals surface area contributed by atoms with Crippen LogP contribution in [0.3, 0.4) is 0 Å². The van der Waals surface area contributed by atoms with Crippen molar-refractivity contribution in [2.75, 3.05) is 11.5 Å². The predicted octanol–water partition coefficient (Wildman–Crippen LogP) is 3.43. The summed E-state index contributed by atoms with van der Waals surface area (Å²) in [7, 11) is 0. The Kier molecular flexibility index (Phi) is 3.97. The third-order valence-corrected chi connectivity index (χ3v) is 5.16. The first-order valence-electron chi connectivity index (χ1n) is 8.04. The zero-order chi connectivity index (χ0) is 17.4. The number of fused-ring (bicyclic) bond motifs is 2. The normalized spacial score (nSPS) is 16.0. The lowest BCUT2D eigenvalue weighted by molar-refractivity contribution is -0.122. The van der Waals surface area contributed by atoms with Crippen molar-refractivity contribution in [1.29, 1.82) is 0 Å². The Morgan fingerprint density at radius 1 is 1.28 bits per heavy atom. The van der Waals surface area contributed by atoms with Crippen molar-refractivity contribution in [3.63, 3.8) is 0 Å². The van der Waals surface area contributed by atoms with Crippen LogP contribution in [0.2, 0.25) is 0 Å². The highest BCUT2D eigenvalue weighted by molar-refractivity contribution is 7.16. The highest BCUT2D eigenvalue weighted by atomic mass is 32.1. The summed E-state index contributed by atoms with van der Waals surface area (Å²) in [6.07, 6.45) is 0.817. The van der Waals surface area contributed by atoms with Gasteiger partial charge in [0.25, 0.3) is 5.91 Å². The molecule has 2 heterocycles. The number of thiazole rings is 1. The van der Waals surface area contributed by atoms with Crippen LogP contribution >= 0.6 is 11.3 Å². The number of esters is 1. The fourth-order valence-electron chi connectivity index (χ4n) is 3.21. The molecular weight excluding hydrogens is 336 g/mol. The van der Waals surface area contributed by atoms with Crippen LogP contribution in [0.5, 0.6) is 0 Å². The van der Waals surface area contributed by atoms with Crippen LogP contribution in [0, 0.1) is 0 Å². The molecule has 0 bridgehead atoms. The Balaban J connectivity index is 1.45. The van der Waals surface area contributed by atoms with Gasteiger partial charge < -0.3 is 9.64 Å². The third kappa shape index (κ3) is 2.89. The van der Waals surface area contributed by atoms with Gasteiger partial charge in [0.2, 0.25) is 0 Å². The molecule has 0 spiro atoms. The number of hydrogen-bond donors (Lipinski definition) is 0.